The van der Waals surface area contributed by atoms with Gasteiger partial charge in [-0.05, 0) is 12.8 Å². The normalized spacial score (nSPS) is 21.3. The van der Waals surface area contributed by atoms with E-state index in [0.29, 0.717) is 0 Å². The first kappa shape index (κ1) is 26.3. The molecule has 0 bridgehead atoms. The predicted octanol–water partition coefficient (Wildman–Crippen LogP) is -0.984. The van der Waals surface area contributed by atoms with Crippen LogP contribution in [0.5, 0.6) is 0 Å². The lowest BCUT2D eigenvalue weighted by atomic mass is 10.3. The summed E-state index contributed by atoms with van der Waals surface area (Å²) in [6, 6.07) is 0. The van der Waals surface area contributed by atoms with Crippen LogP contribution >= 0.6 is 23.5 Å². The van der Waals surface area contributed by atoms with Crippen LogP contribution in [0.15, 0.2) is 0 Å². The zero-order chi connectivity index (χ0) is 20.4. The first-order valence-corrected chi connectivity index (χ1v) is 11.8. The Labute approximate surface area is 150 Å². The van der Waals surface area contributed by atoms with Gasteiger partial charge in [0.1, 0.15) is 0 Å². The third-order valence-corrected chi connectivity index (χ3v) is 5.26. The van der Waals surface area contributed by atoms with Crippen LogP contribution in [0.3, 0.4) is 0 Å². The molecule has 26 heavy (non-hydrogen) atoms. The van der Waals surface area contributed by atoms with E-state index in [0.717, 1.165) is 0 Å². The van der Waals surface area contributed by atoms with Crippen molar-refractivity contribution < 1.29 is 61.0 Å². The second-order valence-corrected chi connectivity index (χ2v) is 8.70. The van der Waals surface area contributed by atoms with E-state index < -0.39 is 62.1 Å². The summed E-state index contributed by atoms with van der Waals surface area (Å²) in [6.45, 7) is 0.294. The van der Waals surface area contributed by atoms with E-state index in [-0.39, 0.29) is 12.8 Å². The molecule has 0 amide bonds. The molecule has 0 rings (SSSR count). The summed E-state index contributed by atoms with van der Waals surface area (Å²) < 4.78 is 55.2. The van der Waals surface area contributed by atoms with Gasteiger partial charge in [-0.2, -0.15) is 0 Å². The maximum absolute atomic E-state index is 11.5. The summed E-state index contributed by atoms with van der Waals surface area (Å²) in [5.74, 6) is 0. The van der Waals surface area contributed by atoms with Crippen molar-refractivity contribution in [1.29, 1.82) is 0 Å². The lowest BCUT2D eigenvalue weighted by Crippen LogP contribution is -2.23. The highest BCUT2D eigenvalue weighted by molar-refractivity contribution is 7.46. The molecule has 0 saturated heterocycles. The SMILES string of the molecule is CCC(COP(=O)([O-])OCCOP(=O)([O-])OC(CC)CO)OP(=O)([O-])O. The average Bonchev–Trinajstić information content (AvgIpc) is 2.52. The number of phosphoric acid groups is 3. The number of aliphatic hydroxyl groups is 1. The van der Waals surface area contributed by atoms with E-state index in [4.69, 9.17) is 10.00 Å². The van der Waals surface area contributed by atoms with Crippen LogP contribution in [0.4, 0.5) is 0 Å². The Balaban J connectivity index is 4.26. The minimum atomic E-state index is -5.06. The molecule has 0 saturated carbocycles. The molecule has 0 aliphatic carbocycles. The van der Waals surface area contributed by atoms with Crippen LogP contribution in [-0.4, -0.2) is 48.6 Å². The third-order valence-electron chi connectivity index (χ3n) is 2.68. The molecule has 0 aromatic rings. The van der Waals surface area contributed by atoms with Crippen molar-refractivity contribution in [1.82, 2.24) is 0 Å². The maximum Gasteiger partial charge on any atom is 0.268 e. The fourth-order valence-electron chi connectivity index (χ4n) is 1.37. The van der Waals surface area contributed by atoms with E-state index >= 15 is 0 Å². The van der Waals surface area contributed by atoms with E-state index in [9.17, 15) is 28.4 Å². The molecule has 5 unspecified atom stereocenters. The quantitative estimate of drug-likeness (QED) is 0.231. The minimum absolute atomic E-state index is 0.00998. The van der Waals surface area contributed by atoms with Crippen molar-refractivity contribution in [2.45, 2.75) is 38.9 Å². The molecule has 13 nitrogen and oxygen atoms in total. The van der Waals surface area contributed by atoms with Gasteiger partial charge < -0.3 is 47.3 Å². The van der Waals surface area contributed by atoms with Gasteiger partial charge in [-0.3, -0.25) is 13.7 Å². The molecule has 0 aliphatic heterocycles. The highest BCUT2D eigenvalue weighted by atomic mass is 31.2. The van der Waals surface area contributed by atoms with Gasteiger partial charge in [-0.25, -0.2) is 0 Å². The number of aliphatic hydroxyl groups excluding tert-OH is 1. The van der Waals surface area contributed by atoms with Crippen LogP contribution in [-0.2, 0) is 36.3 Å². The summed E-state index contributed by atoms with van der Waals surface area (Å²) in [5, 5.41) is 8.84. The molecule has 0 aromatic heterocycles. The standard InChI is InChI=1S/C10H25O13P3/c1-3-9(7-11)23-26(17,18)20-6-5-19-25(15,16)21-8-10(4-2)22-24(12,13)14/h9-11H,3-8H2,1-2H3,(H,15,16)(H,17,18)(H2,12,13,14)/p-3. The van der Waals surface area contributed by atoms with Crippen LogP contribution < -0.4 is 14.7 Å². The first-order valence-electron chi connectivity index (χ1n) is 7.41. The number of rotatable bonds is 15. The minimum Gasteiger partial charge on any atom is -0.756 e. The van der Waals surface area contributed by atoms with Crippen LogP contribution in [0.1, 0.15) is 26.7 Å². The van der Waals surface area contributed by atoms with Gasteiger partial charge in [0, 0.05) is 0 Å². The Morgan fingerprint density at radius 1 is 0.846 bits per heavy atom. The van der Waals surface area contributed by atoms with Gasteiger partial charge in [0.15, 0.2) is 0 Å². The Hall–Kier alpha value is 0.290. The topological polar surface area (TPSA) is 207 Å². The van der Waals surface area contributed by atoms with E-state index in [1.165, 1.54) is 6.92 Å². The van der Waals surface area contributed by atoms with E-state index in [1.807, 2.05) is 0 Å². The summed E-state index contributed by atoms with van der Waals surface area (Å²) in [4.78, 5) is 42.0. The van der Waals surface area contributed by atoms with Crippen molar-refractivity contribution in [3.63, 3.8) is 0 Å². The van der Waals surface area contributed by atoms with Gasteiger partial charge >= 0.3 is 0 Å². The van der Waals surface area contributed by atoms with Crippen molar-refractivity contribution in [3.8, 4) is 0 Å². The second-order valence-electron chi connectivity index (χ2n) is 4.78. The molecule has 5 atom stereocenters. The Kier molecular flexibility index (Phi) is 12.1. The Morgan fingerprint density at radius 3 is 1.77 bits per heavy atom. The van der Waals surface area contributed by atoms with Gasteiger partial charge in [0.05, 0.1) is 38.6 Å². The fraction of sp³-hybridized carbons (Fsp3) is 1.00. The van der Waals surface area contributed by atoms with Crippen molar-refractivity contribution in [3.05, 3.63) is 0 Å². The van der Waals surface area contributed by atoms with Crippen molar-refractivity contribution in [2.24, 2.45) is 0 Å². The van der Waals surface area contributed by atoms with Crippen LogP contribution in [0.25, 0.3) is 0 Å². The summed E-state index contributed by atoms with van der Waals surface area (Å²) in [7, 11) is -14.7. The third kappa shape index (κ3) is 13.5. The van der Waals surface area contributed by atoms with Crippen molar-refractivity contribution in [2.75, 3.05) is 26.4 Å². The lowest BCUT2D eigenvalue weighted by Gasteiger charge is -2.28. The second kappa shape index (κ2) is 12.0. The van der Waals surface area contributed by atoms with Gasteiger partial charge in [-0.15, -0.1) is 0 Å². The molecule has 0 spiro atoms. The lowest BCUT2D eigenvalue weighted by molar-refractivity contribution is -0.238. The zero-order valence-corrected chi connectivity index (χ0v) is 16.8. The molecule has 0 radical (unpaired) electrons. The molecule has 0 heterocycles. The fourth-order valence-corrected chi connectivity index (χ4v) is 3.62. The van der Waals surface area contributed by atoms with Crippen LogP contribution in [0, 0.1) is 0 Å². The van der Waals surface area contributed by atoms with E-state index in [1.54, 1.807) is 6.92 Å². The van der Waals surface area contributed by atoms with Crippen molar-refractivity contribution >= 4 is 23.5 Å². The van der Waals surface area contributed by atoms with E-state index in [2.05, 4.69) is 22.6 Å². The largest absolute Gasteiger partial charge is 0.756 e. The smallest absolute Gasteiger partial charge is 0.268 e. The summed E-state index contributed by atoms with van der Waals surface area (Å²) in [6.07, 6.45) is -2.03. The first-order chi connectivity index (χ1) is 11.8. The molecular weight excluding hydrogens is 421 g/mol. The Morgan fingerprint density at radius 2 is 1.35 bits per heavy atom. The summed E-state index contributed by atoms with van der Waals surface area (Å²) in [5.41, 5.74) is 0. The Bertz CT molecular complexity index is 530. The van der Waals surface area contributed by atoms with Gasteiger partial charge in [0.2, 0.25) is 0 Å². The highest BCUT2D eigenvalue weighted by Gasteiger charge is 2.19. The number of hydrogen-bond acceptors (Lipinski definition) is 12. The molecule has 16 heteroatoms. The summed E-state index contributed by atoms with van der Waals surface area (Å²) >= 11 is 0. The van der Waals surface area contributed by atoms with Crippen LogP contribution in [0.2, 0.25) is 0 Å². The molecule has 2 N–H and O–H groups in total. The average molecular weight is 443 g/mol. The predicted molar refractivity (Wildman–Crippen MR) is 80.3 cm³/mol. The maximum atomic E-state index is 11.5. The number of hydrogen-bond donors (Lipinski definition) is 2. The molecule has 0 aromatic carbocycles. The highest BCUT2D eigenvalue weighted by Crippen LogP contribution is 2.42. The molecular formula is C10H22O13P3-3. The van der Waals surface area contributed by atoms with Gasteiger partial charge in [-0.1, -0.05) is 13.8 Å². The van der Waals surface area contributed by atoms with Gasteiger partial charge in [0.25, 0.3) is 23.5 Å². The number of phosphoric ester groups is 3. The molecule has 0 fully saturated rings. The monoisotopic (exact) mass is 443 g/mol. The zero-order valence-electron chi connectivity index (χ0n) is 14.1. The molecule has 0 aliphatic rings. The molecule has 158 valence electrons.